The van der Waals surface area contributed by atoms with E-state index in [2.05, 4.69) is 4.99 Å². The predicted octanol–water partition coefficient (Wildman–Crippen LogP) is 3.03. The zero-order valence-electron chi connectivity index (χ0n) is 13.4. The summed E-state index contributed by atoms with van der Waals surface area (Å²) in [6.07, 6.45) is 1.64. The van der Waals surface area contributed by atoms with Crippen LogP contribution in [0.3, 0.4) is 0 Å². The molecule has 0 N–H and O–H groups in total. The second-order valence-corrected chi connectivity index (χ2v) is 5.92. The number of hydrogen-bond acceptors (Lipinski definition) is 7. The van der Waals surface area contributed by atoms with Crippen molar-refractivity contribution < 1.29 is 23.8 Å². The number of aliphatic imine (C=N–C) groups is 1. The third kappa shape index (κ3) is 4.33. The van der Waals surface area contributed by atoms with Crippen molar-refractivity contribution in [1.82, 2.24) is 0 Å². The molecular formula is C18H15NO5S. The summed E-state index contributed by atoms with van der Waals surface area (Å²) in [6.45, 7) is 1.91. The number of carbonyl (C=O) groups excluding carboxylic acids is 2. The highest BCUT2D eigenvalue weighted by Crippen LogP contribution is 2.22. The molecule has 1 aliphatic rings. The van der Waals surface area contributed by atoms with Gasteiger partial charge in [-0.25, -0.2) is 14.6 Å². The van der Waals surface area contributed by atoms with Gasteiger partial charge in [-0.1, -0.05) is 18.2 Å². The molecule has 1 aromatic carbocycles. The Morgan fingerprint density at radius 1 is 1.28 bits per heavy atom. The van der Waals surface area contributed by atoms with E-state index in [1.165, 1.54) is 11.3 Å². The van der Waals surface area contributed by atoms with Gasteiger partial charge in [0.15, 0.2) is 12.3 Å². The highest BCUT2D eigenvalue weighted by molar-refractivity contribution is 7.12. The predicted molar refractivity (Wildman–Crippen MR) is 93.5 cm³/mol. The zero-order chi connectivity index (χ0) is 17.6. The average Bonchev–Trinajstić information content (AvgIpc) is 3.25. The molecular weight excluding hydrogens is 342 g/mol. The van der Waals surface area contributed by atoms with Gasteiger partial charge in [0.25, 0.3) is 0 Å². The highest BCUT2D eigenvalue weighted by Gasteiger charge is 2.24. The minimum absolute atomic E-state index is 0.144. The van der Waals surface area contributed by atoms with Crippen LogP contribution in [0.15, 0.2) is 52.5 Å². The van der Waals surface area contributed by atoms with Gasteiger partial charge in [0, 0.05) is 0 Å². The van der Waals surface area contributed by atoms with Crippen molar-refractivity contribution in [3.63, 3.8) is 0 Å². The van der Waals surface area contributed by atoms with E-state index >= 15 is 0 Å². The fraction of sp³-hybridized carbons (Fsp3) is 0.167. The van der Waals surface area contributed by atoms with E-state index < -0.39 is 11.9 Å². The Labute approximate surface area is 148 Å². The standard InChI is InChI=1S/C18H15NO5S/c1-2-22-16(20)11-23-13-7-5-12(6-8-13)10-14-18(21)24-17(19-14)15-4-3-9-25-15/h3-10H,2,11H2,1H3/b14-10+. The van der Waals surface area contributed by atoms with Gasteiger partial charge in [0.05, 0.1) is 11.5 Å². The summed E-state index contributed by atoms with van der Waals surface area (Å²) < 4.78 is 15.3. The van der Waals surface area contributed by atoms with Gasteiger partial charge in [0.2, 0.25) is 5.90 Å². The number of thiophene rings is 1. The van der Waals surface area contributed by atoms with Gasteiger partial charge in [-0.05, 0) is 42.1 Å². The van der Waals surface area contributed by atoms with Gasteiger partial charge in [-0.2, -0.15) is 0 Å². The molecule has 0 aliphatic carbocycles. The van der Waals surface area contributed by atoms with Crippen molar-refractivity contribution in [3.8, 4) is 5.75 Å². The molecule has 1 aromatic heterocycles. The minimum atomic E-state index is -0.481. The lowest BCUT2D eigenvalue weighted by molar-refractivity contribution is -0.145. The minimum Gasteiger partial charge on any atom is -0.482 e. The number of esters is 2. The molecule has 0 saturated heterocycles. The molecule has 25 heavy (non-hydrogen) atoms. The Morgan fingerprint density at radius 3 is 2.76 bits per heavy atom. The molecule has 128 valence electrons. The van der Waals surface area contributed by atoms with Crippen molar-refractivity contribution in [3.05, 3.63) is 57.9 Å². The zero-order valence-corrected chi connectivity index (χ0v) is 14.2. The van der Waals surface area contributed by atoms with E-state index in [0.717, 1.165) is 10.4 Å². The molecule has 0 saturated carbocycles. The lowest BCUT2D eigenvalue weighted by atomic mass is 10.2. The van der Waals surface area contributed by atoms with Crippen LogP contribution in [0.5, 0.6) is 5.75 Å². The number of hydrogen-bond donors (Lipinski definition) is 0. The van der Waals surface area contributed by atoms with Crippen LogP contribution in [0.4, 0.5) is 0 Å². The molecule has 0 spiro atoms. The van der Waals surface area contributed by atoms with Crippen LogP contribution in [-0.4, -0.2) is 31.1 Å². The van der Waals surface area contributed by atoms with Gasteiger partial charge >= 0.3 is 11.9 Å². The van der Waals surface area contributed by atoms with E-state index in [-0.39, 0.29) is 12.3 Å². The van der Waals surface area contributed by atoms with E-state index in [1.54, 1.807) is 37.3 Å². The Kier molecular flexibility index (Phi) is 5.25. The monoisotopic (exact) mass is 357 g/mol. The van der Waals surface area contributed by atoms with Crippen molar-refractivity contribution in [2.75, 3.05) is 13.2 Å². The lowest BCUT2D eigenvalue weighted by Gasteiger charge is -2.05. The SMILES string of the molecule is CCOC(=O)COc1ccc(/C=C2/N=C(c3cccs3)OC2=O)cc1. The first kappa shape index (κ1) is 16.9. The molecule has 0 bridgehead atoms. The maximum Gasteiger partial charge on any atom is 0.363 e. The third-order valence-corrected chi connectivity index (χ3v) is 4.06. The van der Waals surface area contributed by atoms with Crippen LogP contribution in [0.25, 0.3) is 6.08 Å². The van der Waals surface area contributed by atoms with Gasteiger partial charge in [0.1, 0.15) is 5.75 Å². The first-order valence-corrected chi connectivity index (χ1v) is 8.48. The summed E-state index contributed by atoms with van der Waals surface area (Å²) in [4.78, 5) is 28.2. The fourth-order valence-electron chi connectivity index (χ4n) is 2.08. The summed E-state index contributed by atoms with van der Waals surface area (Å²) in [6, 6.07) is 10.6. The van der Waals surface area contributed by atoms with Crippen LogP contribution < -0.4 is 4.74 Å². The number of rotatable bonds is 6. The highest BCUT2D eigenvalue weighted by atomic mass is 32.1. The van der Waals surface area contributed by atoms with Gasteiger partial charge in [-0.3, -0.25) is 0 Å². The van der Waals surface area contributed by atoms with Crippen molar-refractivity contribution in [1.29, 1.82) is 0 Å². The molecule has 7 heteroatoms. The quantitative estimate of drug-likeness (QED) is 0.587. The van der Waals surface area contributed by atoms with Crippen molar-refractivity contribution in [2.24, 2.45) is 4.99 Å². The van der Waals surface area contributed by atoms with Crippen LogP contribution in [-0.2, 0) is 19.1 Å². The van der Waals surface area contributed by atoms with E-state index in [9.17, 15) is 9.59 Å². The van der Waals surface area contributed by atoms with Gasteiger partial charge in [-0.15, -0.1) is 11.3 Å². The number of carbonyl (C=O) groups is 2. The van der Waals surface area contributed by atoms with Crippen molar-refractivity contribution >= 4 is 35.2 Å². The van der Waals surface area contributed by atoms with Crippen LogP contribution >= 0.6 is 11.3 Å². The second kappa shape index (κ2) is 7.76. The largest absolute Gasteiger partial charge is 0.482 e. The smallest absolute Gasteiger partial charge is 0.363 e. The molecule has 3 rings (SSSR count). The Hall–Kier alpha value is -2.93. The Bertz CT molecular complexity index is 822. The second-order valence-electron chi connectivity index (χ2n) is 4.98. The molecule has 0 radical (unpaired) electrons. The maximum absolute atomic E-state index is 11.9. The maximum atomic E-state index is 11.9. The molecule has 6 nitrogen and oxygen atoms in total. The van der Waals surface area contributed by atoms with E-state index in [0.29, 0.717) is 18.3 Å². The first-order chi connectivity index (χ1) is 12.2. The molecule has 1 aliphatic heterocycles. The Morgan fingerprint density at radius 2 is 2.08 bits per heavy atom. The number of benzene rings is 1. The summed E-state index contributed by atoms with van der Waals surface area (Å²) in [5.74, 6) is -0.0449. The topological polar surface area (TPSA) is 74.2 Å². The van der Waals surface area contributed by atoms with Crippen LogP contribution in [0.1, 0.15) is 17.4 Å². The van der Waals surface area contributed by atoms with Crippen LogP contribution in [0, 0.1) is 0 Å². The van der Waals surface area contributed by atoms with Crippen LogP contribution in [0.2, 0.25) is 0 Å². The molecule has 2 aromatic rings. The summed E-state index contributed by atoms with van der Waals surface area (Å²) in [7, 11) is 0. The fourth-order valence-corrected chi connectivity index (χ4v) is 2.73. The molecule has 2 heterocycles. The third-order valence-electron chi connectivity index (χ3n) is 3.20. The van der Waals surface area contributed by atoms with Crippen molar-refractivity contribution in [2.45, 2.75) is 6.92 Å². The Balaban J connectivity index is 1.67. The van der Waals surface area contributed by atoms with Gasteiger partial charge < -0.3 is 14.2 Å². The molecule has 0 atom stereocenters. The van der Waals surface area contributed by atoms with E-state index in [1.807, 2.05) is 17.5 Å². The summed E-state index contributed by atoms with van der Waals surface area (Å²) in [5.41, 5.74) is 1.01. The number of cyclic esters (lactones) is 1. The molecule has 0 amide bonds. The summed E-state index contributed by atoms with van der Waals surface area (Å²) in [5, 5.41) is 1.89. The average molecular weight is 357 g/mol. The summed E-state index contributed by atoms with van der Waals surface area (Å²) >= 11 is 1.45. The molecule has 0 unspecified atom stereocenters. The number of nitrogens with zero attached hydrogens (tertiary/aromatic N) is 1. The molecule has 0 fully saturated rings. The lowest BCUT2D eigenvalue weighted by Crippen LogP contribution is -2.14. The number of ether oxygens (including phenoxy) is 3. The normalized spacial score (nSPS) is 15.0. The first-order valence-electron chi connectivity index (χ1n) is 7.60. The van der Waals surface area contributed by atoms with E-state index in [4.69, 9.17) is 14.2 Å².